The maximum atomic E-state index is 5.94. The predicted octanol–water partition coefficient (Wildman–Crippen LogP) is 2.26. The summed E-state index contributed by atoms with van der Waals surface area (Å²) in [5.74, 6) is 1.78. The summed E-state index contributed by atoms with van der Waals surface area (Å²) in [7, 11) is 1.92. The predicted molar refractivity (Wildman–Crippen MR) is 81.1 cm³/mol. The molecule has 1 saturated carbocycles. The van der Waals surface area contributed by atoms with Crippen molar-refractivity contribution in [1.82, 2.24) is 20.1 Å². The van der Waals surface area contributed by atoms with Gasteiger partial charge in [-0.15, -0.1) is 10.2 Å². The minimum absolute atomic E-state index is 0.442. The Balaban J connectivity index is 1.68. The third-order valence-corrected chi connectivity index (χ3v) is 3.84. The van der Waals surface area contributed by atoms with Crippen LogP contribution in [-0.4, -0.2) is 20.8 Å². The maximum Gasteiger partial charge on any atom is 0.170 e. The van der Waals surface area contributed by atoms with Crippen LogP contribution >= 0.6 is 0 Å². The summed E-state index contributed by atoms with van der Waals surface area (Å²) in [6.45, 7) is 5.58. The molecule has 0 atom stereocenters. The summed E-state index contributed by atoms with van der Waals surface area (Å²) < 4.78 is 7.82. The van der Waals surface area contributed by atoms with E-state index in [1.807, 2.05) is 11.6 Å². The van der Waals surface area contributed by atoms with Crippen LogP contribution in [0.25, 0.3) is 0 Å². The summed E-state index contributed by atoms with van der Waals surface area (Å²) in [6, 6.07) is 5.14. The van der Waals surface area contributed by atoms with Crippen molar-refractivity contribution in [3.63, 3.8) is 0 Å². The number of aryl methyl sites for hydroxylation is 3. The molecule has 0 spiro atoms. The molecule has 1 heterocycles. The van der Waals surface area contributed by atoms with Crippen molar-refractivity contribution in [3.05, 3.63) is 41.0 Å². The Labute approximate surface area is 125 Å². The molecule has 112 valence electrons. The van der Waals surface area contributed by atoms with Crippen molar-refractivity contribution < 1.29 is 4.74 Å². The number of benzene rings is 1. The van der Waals surface area contributed by atoms with Crippen LogP contribution in [0.5, 0.6) is 5.75 Å². The molecule has 5 heteroatoms. The van der Waals surface area contributed by atoms with Crippen LogP contribution in [0.15, 0.2) is 18.5 Å². The van der Waals surface area contributed by atoms with Crippen molar-refractivity contribution in [3.8, 4) is 5.75 Å². The molecule has 21 heavy (non-hydrogen) atoms. The van der Waals surface area contributed by atoms with Gasteiger partial charge in [-0.05, 0) is 43.4 Å². The van der Waals surface area contributed by atoms with Crippen LogP contribution in [0.3, 0.4) is 0 Å². The Hall–Kier alpha value is -1.88. The Kier molecular flexibility index (Phi) is 3.92. The second kappa shape index (κ2) is 5.85. The Bertz CT molecular complexity index is 608. The van der Waals surface area contributed by atoms with Crippen molar-refractivity contribution in [2.45, 2.75) is 45.9 Å². The van der Waals surface area contributed by atoms with Gasteiger partial charge in [-0.1, -0.05) is 12.1 Å². The highest BCUT2D eigenvalue weighted by atomic mass is 16.5. The summed E-state index contributed by atoms with van der Waals surface area (Å²) >= 11 is 0. The lowest BCUT2D eigenvalue weighted by molar-refractivity contribution is 0.287. The zero-order valence-electron chi connectivity index (χ0n) is 12.9. The lowest BCUT2D eigenvalue weighted by Gasteiger charge is -2.14. The molecule has 0 saturated heterocycles. The van der Waals surface area contributed by atoms with E-state index in [0.29, 0.717) is 6.61 Å². The SMILES string of the molecule is Cc1cc(CNC2CC2)cc(C)c1OCc1nncn1C. The van der Waals surface area contributed by atoms with Gasteiger partial charge in [0.25, 0.3) is 0 Å². The third-order valence-electron chi connectivity index (χ3n) is 3.84. The van der Waals surface area contributed by atoms with Crippen molar-refractivity contribution in [2.75, 3.05) is 0 Å². The number of nitrogens with one attached hydrogen (secondary N) is 1. The molecule has 1 aromatic carbocycles. The largest absolute Gasteiger partial charge is 0.485 e. The van der Waals surface area contributed by atoms with E-state index >= 15 is 0 Å². The first-order valence-electron chi connectivity index (χ1n) is 7.42. The minimum atomic E-state index is 0.442. The number of hydrogen-bond donors (Lipinski definition) is 1. The molecule has 1 aromatic heterocycles. The summed E-state index contributed by atoms with van der Waals surface area (Å²) in [4.78, 5) is 0. The standard InChI is InChI=1S/C16H22N4O/c1-11-6-13(8-17-14-4-5-14)7-12(2)16(11)21-9-15-19-18-10-20(15)3/h6-7,10,14,17H,4-5,8-9H2,1-3H3. The number of hydrogen-bond acceptors (Lipinski definition) is 4. The van der Waals surface area contributed by atoms with Crippen LogP contribution in [0.4, 0.5) is 0 Å². The molecule has 3 rings (SSSR count). The van der Waals surface area contributed by atoms with Gasteiger partial charge in [-0.3, -0.25) is 0 Å². The van der Waals surface area contributed by atoms with E-state index in [4.69, 9.17) is 4.74 Å². The smallest absolute Gasteiger partial charge is 0.170 e. The molecular weight excluding hydrogens is 264 g/mol. The molecular formula is C16H22N4O. The van der Waals surface area contributed by atoms with Crippen LogP contribution in [0, 0.1) is 13.8 Å². The molecule has 0 radical (unpaired) electrons. The lowest BCUT2D eigenvalue weighted by Crippen LogP contribution is -2.15. The topological polar surface area (TPSA) is 52.0 Å². The molecule has 2 aromatic rings. The Morgan fingerprint density at radius 3 is 2.57 bits per heavy atom. The van der Waals surface area contributed by atoms with E-state index in [-0.39, 0.29) is 0 Å². The van der Waals surface area contributed by atoms with Crippen LogP contribution < -0.4 is 10.1 Å². The van der Waals surface area contributed by atoms with Gasteiger partial charge < -0.3 is 14.6 Å². The van der Waals surface area contributed by atoms with E-state index in [1.54, 1.807) is 6.33 Å². The average Bonchev–Trinajstić information content (AvgIpc) is 3.18. The fourth-order valence-electron chi connectivity index (χ4n) is 2.49. The van der Waals surface area contributed by atoms with Gasteiger partial charge in [-0.2, -0.15) is 0 Å². The molecule has 1 N–H and O–H groups in total. The van der Waals surface area contributed by atoms with Gasteiger partial charge in [-0.25, -0.2) is 0 Å². The molecule has 1 aliphatic carbocycles. The first-order chi connectivity index (χ1) is 10.1. The van der Waals surface area contributed by atoms with E-state index < -0.39 is 0 Å². The van der Waals surface area contributed by atoms with E-state index in [2.05, 4.69) is 41.5 Å². The normalized spacial score (nSPS) is 14.4. The Morgan fingerprint density at radius 2 is 2.00 bits per heavy atom. The molecule has 0 bridgehead atoms. The van der Waals surface area contributed by atoms with Gasteiger partial charge in [0.1, 0.15) is 18.7 Å². The quantitative estimate of drug-likeness (QED) is 0.885. The first kappa shape index (κ1) is 14.1. The van der Waals surface area contributed by atoms with Crippen LogP contribution in [-0.2, 0) is 20.2 Å². The van der Waals surface area contributed by atoms with Gasteiger partial charge in [0, 0.05) is 19.6 Å². The fourth-order valence-corrected chi connectivity index (χ4v) is 2.49. The van der Waals surface area contributed by atoms with E-state index in [9.17, 15) is 0 Å². The number of rotatable bonds is 6. The second-order valence-electron chi connectivity index (χ2n) is 5.86. The van der Waals surface area contributed by atoms with Crippen molar-refractivity contribution in [2.24, 2.45) is 7.05 Å². The number of ether oxygens (including phenoxy) is 1. The zero-order chi connectivity index (χ0) is 14.8. The average molecular weight is 286 g/mol. The first-order valence-corrected chi connectivity index (χ1v) is 7.42. The van der Waals surface area contributed by atoms with Crippen LogP contribution in [0.2, 0.25) is 0 Å². The zero-order valence-corrected chi connectivity index (χ0v) is 12.9. The molecule has 5 nitrogen and oxygen atoms in total. The van der Waals surface area contributed by atoms with Gasteiger partial charge in [0.2, 0.25) is 0 Å². The van der Waals surface area contributed by atoms with Crippen molar-refractivity contribution in [1.29, 1.82) is 0 Å². The fraction of sp³-hybridized carbons (Fsp3) is 0.500. The van der Waals surface area contributed by atoms with Gasteiger partial charge in [0.15, 0.2) is 5.82 Å². The third kappa shape index (κ3) is 3.42. The minimum Gasteiger partial charge on any atom is -0.485 e. The maximum absolute atomic E-state index is 5.94. The summed E-state index contributed by atoms with van der Waals surface area (Å²) in [6.07, 6.45) is 4.32. The monoisotopic (exact) mass is 286 g/mol. The lowest BCUT2D eigenvalue weighted by atomic mass is 10.1. The molecule has 0 amide bonds. The van der Waals surface area contributed by atoms with Gasteiger partial charge in [0.05, 0.1) is 0 Å². The van der Waals surface area contributed by atoms with E-state index in [0.717, 1.165) is 24.2 Å². The summed E-state index contributed by atoms with van der Waals surface area (Å²) in [5.41, 5.74) is 3.66. The Morgan fingerprint density at radius 1 is 1.29 bits per heavy atom. The number of aromatic nitrogens is 3. The highest BCUT2D eigenvalue weighted by Gasteiger charge is 2.20. The molecule has 0 unspecified atom stereocenters. The number of nitrogens with zero attached hydrogens (tertiary/aromatic N) is 3. The van der Waals surface area contributed by atoms with Crippen LogP contribution in [0.1, 0.15) is 35.4 Å². The van der Waals surface area contributed by atoms with Crippen molar-refractivity contribution >= 4 is 0 Å². The molecule has 0 aliphatic heterocycles. The highest BCUT2D eigenvalue weighted by Crippen LogP contribution is 2.26. The van der Waals surface area contributed by atoms with E-state index in [1.165, 1.54) is 29.5 Å². The van der Waals surface area contributed by atoms with Gasteiger partial charge >= 0.3 is 0 Å². The summed E-state index contributed by atoms with van der Waals surface area (Å²) in [5, 5.41) is 11.5. The second-order valence-corrected chi connectivity index (χ2v) is 5.86. The highest BCUT2D eigenvalue weighted by molar-refractivity contribution is 5.43. The molecule has 1 aliphatic rings. The molecule has 1 fully saturated rings.